The first-order valence-electron chi connectivity index (χ1n) is 5.36. The number of halogens is 3. The predicted octanol–water partition coefficient (Wildman–Crippen LogP) is 3.80. The number of phenols is 2. The summed E-state index contributed by atoms with van der Waals surface area (Å²) in [6.45, 7) is 0. The maximum Gasteiger partial charge on any atom is 0.255 e. The molecule has 0 radical (unpaired) electrons. The van der Waals surface area contributed by atoms with Crippen LogP contribution in [0, 0.1) is 5.82 Å². The maximum atomic E-state index is 12.8. The molecule has 0 aliphatic rings. The quantitative estimate of drug-likeness (QED) is 0.738. The van der Waals surface area contributed by atoms with Gasteiger partial charge >= 0.3 is 0 Å². The monoisotopic (exact) mass is 315 g/mol. The number of amides is 1. The first kappa shape index (κ1) is 14.4. The molecule has 0 aliphatic carbocycles. The van der Waals surface area contributed by atoms with Crippen LogP contribution in [0.15, 0.2) is 30.3 Å². The van der Waals surface area contributed by atoms with Gasteiger partial charge in [0.15, 0.2) is 5.75 Å². The highest BCUT2D eigenvalue weighted by Crippen LogP contribution is 2.33. The van der Waals surface area contributed by atoms with E-state index in [9.17, 15) is 19.4 Å². The Bertz CT molecular complexity index is 668. The third kappa shape index (κ3) is 2.95. The van der Waals surface area contributed by atoms with Crippen LogP contribution in [0.3, 0.4) is 0 Å². The molecule has 2 rings (SSSR count). The zero-order valence-corrected chi connectivity index (χ0v) is 11.3. The molecule has 0 bridgehead atoms. The molecular formula is C13H8Cl2FNO3. The molecule has 0 atom stereocenters. The summed E-state index contributed by atoms with van der Waals surface area (Å²) in [7, 11) is 0. The lowest BCUT2D eigenvalue weighted by molar-refractivity contribution is 0.102. The van der Waals surface area contributed by atoms with Crippen molar-refractivity contribution < 1.29 is 19.4 Å². The summed E-state index contributed by atoms with van der Waals surface area (Å²) in [5, 5.41) is 21.1. The fourth-order valence-corrected chi connectivity index (χ4v) is 1.99. The predicted molar refractivity (Wildman–Crippen MR) is 74.1 cm³/mol. The second kappa shape index (κ2) is 5.56. The first-order chi connectivity index (χ1) is 9.38. The van der Waals surface area contributed by atoms with Crippen LogP contribution >= 0.6 is 23.2 Å². The average molecular weight is 316 g/mol. The van der Waals surface area contributed by atoms with E-state index in [2.05, 4.69) is 5.32 Å². The minimum absolute atomic E-state index is 0.0386. The van der Waals surface area contributed by atoms with E-state index in [0.717, 1.165) is 12.1 Å². The number of carbonyl (C=O) groups excluding carboxylic acids is 1. The smallest absolute Gasteiger partial charge is 0.255 e. The summed E-state index contributed by atoms with van der Waals surface area (Å²) in [6.07, 6.45) is 0. The molecule has 1 amide bonds. The molecule has 7 heteroatoms. The van der Waals surface area contributed by atoms with Gasteiger partial charge in [-0.3, -0.25) is 4.79 Å². The van der Waals surface area contributed by atoms with E-state index in [-0.39, 0.29) is 27.0 Å². The van der Waals surface area contributed by atoms with Crippen LogP contribution in [0.5, 0.6) is 11.5 Å². The van der Waals surface area contributed by atoms with E-state index >= 15 is 0 Å². The molecule has 0 saturated carbocycles. The summed E-state index contributed by atoms with van der Waals surface area (Å²) < 4.78 is 12.8. The van der Waals surface area contributed by atoms with Crippen molar-refractivity contribution in [2.45, 2.75) is 0 Å². The van der Waals surface area contributed by atoms with Crippen molar-refractivity contribution in [3.8, 4) is 11.5 Å². The third-order valence-corrected chi connectivity index (χ3v) is 3.06. The first-order valence-corrected chi connectivity index (χ1v) is 6.12. The molecule has 0 spiro atoms. The van der Waals surface area contributed by atoms with Crippen molar-refractivity contribution in [3.63, 3.8) is 0 Å². The highest BCUT2D eigenvalue weighted by atomic mass is 35.5. The van der Waals surface area contributed by atoms with E-state index in [1.807, 2.05) is 0 Å². The van der Waals surface area contributed by atoms with Crippen molar-refractivity contribution in [1.82, 2.24) is 0 Å². The van der Waals surface area contributed by atoms with Crippen LogP contribution in [-0.2, 0) is 0 Å². The Hall–Kier alpha value is -1.98. The van der Waals surface area contributed by atoms with E-state index in [1.54, 1.807) is 0 Å². The summed E-state index contributed by atoms with van der Waals surface area (Å²) in [6, 6.07) is 5.61. The third-order valence-electron chi connectivity index (χ3n) is 2.49. The lowest BCUT2D eigenvalue weighted by Crippen LogP contribution is -2.12. The number of nitrogens with one attached hydrogen (secondary N) is 1. The van der Waals surface area contributed by atoms with Gasteiger partial charge in [0.25, 0.3) is 5.91 Å². The minimum atomic E-state index is -0.628. The molecule has 0 heterocycles. The van der Waals surface area contributed by atoms with Crippen molar-refractivity contribution in [3.05, 3.63) is 51.8 Å². The molecule has 0 unspecified atom stereocenters. The Morgan fingerprint density at radius 3 is 2.25 bits per heavy atom. The van der Waals surface area contributed by atoms with Crippen LogP contribution < -0.4 is 5.32 Å². The molecule has 2 aromatic carbocycles. The number of hydrogen-bond acceptors (Lipinski definition) is 3. The van der Waals surface area contributed by atoms with E-state index in [4.69, 9.17) is 23.2 Å². The van der Waals surface area contributed by atoms with Gasteiger partial charge in [-0.25, -0.2) is 4.39 Å². The highest BCUT2D eigenvalue weighted by molar-refractivity contribution is 6.37. The van der Waals surface area contributed by atoms with Gasteiger partial charge in [-0.05, 0) is 24.3 Å². The topological polar surface area (TPSA) is 69.6 Å². The molecule has 0 aromatic heterocycles. The van der Waals surface area contributed by atoms with Crippen molar-refractivity contribution in [1.29, 1.82) is 0 Å². The molecule has 0 aliphatic heterocycles. The normalized spacial score (nSPS) is 10.3. The molecule has 20 heavy (non-hydrogen) atoms. The van der Waals surface area contributed by atoms with Crippen LogP contribution in [0.1, 0.15) is 10.4 Å². The van der Waals surface area contributed by atoms with Gasteiger partial charge < -0.3 is 15.5 Å². The second-order valence-corrected chi connectivity index (χ2v) is 4.72. The molecule has 104 valence electrons. The van der Waals surface area contributed by atoms with Gasteiger partial charge in [0, 0.05) is 11.6 Å². The van der Waals surface area contributed by atoms with Gasteiger partial charge in [-0.2, -0.15) is 0 Å². The lowest BCUT2D eigenvalue weighted by Gasteiger charge is -2.09. The van der Waals surface area contributed by atoms with E-state index in [0.29, 0.717) is 0 Å². The van der Waals surface area contributed by atoms with Crippen LogP contribution in [-0.4, -0.2) is 16.1 Å². The van der Waals surface area contributed by atoms with Crippen LogP contribution in [0.2, 0.25) is 10.0 Å². The zero-order valence-electron chi connectivity index (χ0n) is 9.82. The van der Waals surface area contributed by atoms with Crippen LogP contribution in [0.25, 0.3) is 0 Å². The Balaban J connectivity index is 2.28. The SMILES string of the molecule is O=C(Nc1ccc(F)cc1O)c1cc(Cl)c(O)c(Cl)c1. The summed E-state index contributed by atoms with van der Waals surface area (Å²) in [4.78, 5) is 12.0. The fourth-order valence-electron chi connectivity index (χ4n) is 1.50. The number of aromatic hydroxyl groups is 2. The van der Waals surface area contributed by atoms with Crippen molar-refractivity contribution in [2.24, 2.45) is 0 Å². The molecule has 0 fully saturated rings. The van der Waals surface area contributed by atoms with Gasteiger partial charge in [0.1, 0.15) is 11.6 Å². The van der Waals surface area contributed by atoms with Crippen molar-refractivity contribution in [2.75, 3.05) is 5.32 Å². The lowest BCUT2D eigenvalue weighted by atomic mass is 10.2. The average Bonchev–Trinajstić information content (AvgIpc) is 2.38. The standard InChI is InChI=1S/C13H8Cl2FNO3/c14-8-3-6(4-9(15)12(8)19)13(20)17-10-2-1-7(16)5-11(10)18/h1-5,18-19H,(H,17,20). The number of anilines is 1. The molecule has 0 saturated heterocycles. The van der Waals surface area contributed by atoms with Crippen molar-refractivity contribution >= 4 is 34.8 Å². The Labute approximate surface area is 123 Å². The Morgan fingerprint density at radius 2 is 1.70 bits per heavy atom. The summed E-state index contributed by atoms with van der Waals surface area (Å²) >= 11 is 11.4. The highest BCUT2D eigenvalue weighted by Gasteiger charge is 2.14. The number of hydrogen-bond donors (Lipinski definition) is 3. The Morgan fingerprint density at radius 1 is 1.10 bits per heavy atom. The fraction of sp³-hybridized carbons (Fsp3) is 0. The maximum absolute atomic E-state index is 12.8. The molecule has 3 N–H and O–H groups in total. The second-order valence-electron chi connectivity index (χ2n) is 3.90. The number of benzene rings is 2. The summed E-state index contributed by atoms with van der Waals surface area (Å²) in [5.41, 5.74) is 0.123. The molecule has 4 nitrogen and oxygen atoms in total. The van der Waals surface area contributed by atoms with E-state index < -0.39 is 17.5 Å². The van der Waals surface area contributed by atoms with Crippen LogP contribution in [0.4, 0.5) is 10.1 Å². The van der Waals surface area contributed by atoms with Gasteiger partial charge in [-0.1, -0.05) is 23.2 Å². The number of rotatable bonds is 2. The van der Waals surface area contributed by atoms with Gasteiger partial charge in [0.05, 0.1) is 15.7 Å². The van der Waals surface area contributed by atoms with Gasteiger partial charge in [0.2, 0.25) is 0 Å². The zero-order chi connectivity index (χ0) is 14.9. The number of carbonyl (C=O) groups is 1. The number of phenolic OH excluding ortho intramolecular Hbond substituents is 2. The minimum Gasteiger partial charge on any atom is -0.506 e. The molecular weight excluding hydrogens is 308 g/mol. The van der Waals surface area contributed by atoms with Gasteiger partial charge in [-0.15, -0.1) is 0 Å². The van der Waals surface area contributed by atoms with E-state index in [1.165, 1.54) is 18.2 Å². The molecule has 2 aromatic rings. The summed E-state index contributed by atoms with van der Waals surface area (Å²) in [5.74, 6) is -1.98. The Kier molecular flexibility index (Phi) is 4.01. The largest absolute Gasteiger partial charge is 0.506 e.